The molecule has 123 valence electrons. The molecule has 0 aliphatic carbocycles. The van der Waals surface area contributed by atoms with Crippen molar-refractivity contribution in [1.29, 1.82) is 5.26 Å². The summed E-state index contributed by atoms with van der Waals surface area (Å²) in [5.74, 6) is -0.395. The van der Waals surface area contributed by atoms with Crippen LogP contribution in [0.1, 0.15) is 34.1 Å². The predicted octanol–water partition coefficient (Wildman–Crippen LogP) is 2.04. The minimum absolute atomic E-state index is 0.199. The van der Waals surface area contributed by atoms with Crippen LogP contribution in [0.15, 0.2) is 23.3 Å². The van der Waals surface area contributed by atoms with Crippen LogP contribution in [0.3, 0.4) is 0 Å². The summed E-state index contributed by atoms with van der Waals surface area (Å²) in [6.07, 6.45) is 3.66. The fourth-order valence-electron chi connectivity index (χ4n) is 2.82. The number of pyridine rings is 1. The maximum absolute atomic E-state index is 12.9. The van der Waals surface area contributed by atoms with Crippen LogP contribution in [0.25, 0.3) is 0 Å². The molecular weight excluding hydrogens is 299 g/mol. The summed E-state index contributed by atoms with van der Waals surface area (Å²) < 4.78 is 12.9. The van der Waals surface area contributed by atoms with Crippen LogP contribution in [-0.4, -0.2) is 33.1 Å². The lowest BCUT2D eigenvalue weighted by Crippen LogP contribution is -2.47. The number of nitrogens with zero attached hydrogens (tertiary/aromatic N) is 4. The summed E-state index contributed by atoms with van der Waals surface area (Å²) in [6.45, 7) is 7.39. The highest BCUT2D eigenvalue weighted by molar-refractivity contribution is 5.94. The maximum atomic E-state index is 12.9. The van der Waals surface area contributed by atoms with Gasteiger partial charge in [0.15, 0.2) is 6.19 Å². The zero-order valence-electron chi connectivity index (χ0n) is 13.6. The smallest absolute Gasteiger partial charge is 0.212 e. The topological polar surface area (TPSA) is 96.2 Å². The average molecular weight is 319 g/mol. The number of aromatic nitrogens is 1. The molecule has 23 heavy (non-hydrogen) atoms. The van der Waals surface area contributed by atoms with E-state index in [-0.39, 0.29) is 12.0 Å². The van der Waals surface area contributed by atoms with Gasteiger partial charge in [-0.2, -0.15) is 9.65 Å². The second-order valence-electron chi connectivity index (χ2n) is 6.69. The minimum atomic E-state index is -0.700. The first-order valence-electron chi connectivity index (χ1n) is 7.26. The molecule has 1 fully saturated rings. The van der Waals surface area contributed by atoms with Crippen molar-refractivity contribution in [2.75, 3.05) is 5.32 Å². The molecule has 0 bridgehead atoms. The Labute approximate surface area is 134 Å². The predicted molar refractivity (Wildman–Crippen MR) is 83.1 cm³/mol. The number of aliphatic imine (C=N–C) groups is 1. The van der Waals surface area contributed by atoms with E-state index >= 15 is 0 Å². The SMILES string of the molecule is CC1(C)CC(N=C(NC#N)Nc2ccc(F)nc2)C(C)(C)N1[O]. The van der Waals surface area contributed by atoms with Crippen LogP contribution >= 0.6 is 0 Å². The molecule has 1 atom stereocenters. The summed E-state index contributed by atoms with van der Waals surface area (Å²) in [5, 5.41) is 27.7. The lowest BCUT2D eigenvalue weighted by molar-refractivity contribution is -0.245. The molecule has 1 radical (unpaired) electrons. The molecule has 0 aromatic carbocycles. The van der Waals surface area contributed by atoms with E-state index in [0.717, 1.165) is 5.06 Å². The number of nitrogens with one attached hydrogen (secondary N) is 2. The van der Waals surface area contributed by atoms with Crippen molar-refractivity contribution >= 4 is 11.6 Å². The van der Waals surface area contributed by atoms with E-state index in [2.05, 4.69) is 20.6 Å². The van der Waals surface area contributed by atoms with Gasteiger partial charge < -0.3 is 5.32 Å². The Kier molecular flexibility index (Phi) is 4.54. The van der Waals surface area contributed by atoms with Crippen LogP contribution in [-0.2, 0) is 5.21 Å². The summed E-state index contributed by atoms with van der Waals surface area (Å²) in [4.78, 5) is 8.03. The van der Waals surface area contributed by atoms with Gasteiger partial charge in [-0.15, -0.1) is 10.3 Å². The molecule has 0 saturated carbocycles. The number of hydroxylamine groups is 2. The van der Waals surface area contributed by atoms with Gasteiger partial charge in [0.05, 0.1) is 23.5 Å². The van der Waals surface area contributed by atoms with Crippen molar-refractivity contribution in [3.8, 4) is 6.19 Å². The van der Waals surface area contributed by atoms with Gasteiger partial charge in [-0.05, 0) is 46.2 Å². The van der Waals surface area contributed by atoms with Gasteiger partial charge in [0, 0.05) is 5.54 Å². The summed E-state index contributed by atoms with van der Waals surface area (Å²) >= 11 is 0. The van der Waals surface area contributed by atoms with E-state index in [1.807, 2.05) is 27.7 Å². The van der Waals surface area contributed by atoms with E-state index < -0.39 is 17.0 Å². The lowest BCUT2D eigenvalue weighted by atomic mass is 9.95. The molecule has 1 aromatic heterocycles. The lowest BCUT2D eigenvalue weighted by Gasteiger charge is -2.32. The molecule has 1 aliphatic heterocycles. The van der Waals surface area contributed by atoms with Gasteiger partial charge in [0.1, 0.15) is 0 Å². The quantitative estimate of drug-likeness (QED) is 0.286. The summed E-state index contributed by atoms with van der Waals surface area (Å²) in [7, 11) is 0. The first-order valence-corrected chi connectivity index (χ1v) is 7.26. The van der Waals surface area contributed by atoms with Crippen LogP contribution < -0.4 is 10.6 Å². The number of hydrogen-bond donors (Lipinski definition) is 2. The van der Waals surface area contributed by atoms with Crippen molar-refractivity contribution in [3.63, 3.8) is 0 Å². The van der Waals surface area contributed by atoms with Crippen LogP contribution in [0.2, 0.25) is 0 Å². The van der Waals surface area contributed by atoms with Gasteiger partial charge in [0.2, 0.25) is 11.9 Å². The van der Waals surface area contributed by atoms with Crippen molar-refractivity contribution in [2.45, 2.75) is 51.2 Å². The largest absolute Gasteiger partial charge is 0.324 e. The van der Waals surface area contributed by atoms with Gasteiger partial charge in [-0.25, -0.2) is 9.98 Å². The molecule has 0 spiro atoms. The first-order chi connectivity index (χ1) is 10.7. The Morgan fingerprint density at radius 3 is 2.65 bits per heavy atom. The monoisotopic (exact) mass is 319 g/mol. The summed E-state index contributed by atoms with van der Waals surface area (Å²) in [6, 6.07) is 2.39. The Morgan fingerprint density at radius 2 is 2.17 bits per heavy atom. The molecule has 0 amide bonds. The highest BCUT2D eigenvalue weighted by Gasteiger charge is 2.52. The fourth-order valence-corrected chi connectivity index (χ4v) is 2.82. The third-order valence-corrected chi connectivity index (χ3v) is 4.03. The van der Waals surface area contributed by atoms with Gasteiger partial charge in [0.25, 0.3) is 0 Å². The molecule has 7 nitrogen and oxygen atoms in total. The van der Waals surface area contributed by atoms with E-state index in [9.17, 15) is 9.60 Å². The normalized spacial score (nSPS) is 23.3. The Balaban J connectivity index is 2.25. The van der Waals surface area contributed by atoms with Crippen molar-refractivity contribution in [3.05, 3.63) is 24.3 Å². The third-order valence-electron chi connectivity index (χ3n) is 4.03. The van der Waals surface area contributed by atoms with E-state index in [0.29, 0.717) is 12.1 Å². The van der Waals surface area contributed by atoms with E-state index in [1.165, 1.54) is 18.3 Å². The molecule has 1 unspecified atom stereocenters. The second-order valence-corrected chi connectivity index (χ2v) is 6.69. The van der Waals surface area contributed by atoms with Crippen molar-refractivity contribution < 1.29 is 9.60 Å². The molecule has 2 heterocycles. The Hall–Kier alpha value is -2.24. The number of rotatable bonds is 2. The second kappa shape index (κ2) is 6.10. The zero-order chi connectivity index (χ0) is 17.3. The van der Waals surface area contributed by atoms with Crippen LogP contribution in [0, 0.1) is 17.4 Å². The highest BCUT2D eigenvalue weighted by Crippen LogP contribution is 2.41. The first kappa shape index (κ1) is 17.1. The number of hydrogen-bond acceptors (Lipinski definition) is 4. The third kappa shape index (κ3) is 3.57. The van der Waals surface area contributed by atoms with Gasteiger partial charge >= 0.3 is 0 Å². The number of halogens is 1. The van der Waals surface area contributed by atoms with Gasteiger partial charge in [-0.3, -0.25) is 5.32 Å². The van der Waals surface area contributed by atoms with Gasteiger partial charge in [-0.1, -0.05) is 0 Å². The molecule has 2 N–H and O–H groups in total. The maximum Gasteiger partial charge on any atom is 0.212 e. The Bertz CT molecular complexity index is 634. The molecule has 1 aliphatic rings. The molecule has 1 saturated heterocycles. The Morgan fingerprint density at radius 1 is 1.48 bits per heavy atom. The molecule has 8 heteroatoms. The number of guanidine groups is 1. The fraction of sp³-hybridized carbons (Fsp3) is 0.533. The zero-order valence-corrected chi connectivity index (χ0v) is 13.6. The number of anilines is 1. The average Bonchev–Trinajstić information content (AvgIpc) is 2.62. The minimum Gasteiger partial charge on any atom is -0.324 e. The summed E-state index contributed by atoms with van der Waals surface area (Å²) in [5.41, 5.74) is -0.747. The molecule has 1 aromatic rings. The highest BCUT2D eigenvalue weighted by atomic mass is 19.1. The van der Waals surface area contributed by atoms with Crippen molar-refractivity contribution in [2.24, 2.45) is 4.99 Å². The van der Waals surface area contributed by atoms with E-state index in [1.54, 1.807) is 6.19 Å². The standard InChI is InChI=1S/C15H20FN6O/c1-14(2)7-11(15(3,4)22(14)23)21-13(19-9-17)20-10-5-6-12(16)18-8-10/h5-6,8,11H,7H2,1-4H3,(H2,19,20,21). The van der Waals surface area contributed by atoms with E-state index in [4.69, 9.17) is 5.26 Å². The van der Waals surface area contributed by atoms with Crippen LogP contribution in [0.5, 0.6) is 0 Å². The molecule has 2 rings (SSSR count). The molecular formula is C15H20FN6O. The van der Waals surface area contributed by atoms with Crippen LogP contribution in [0.4, 0.5) is 10.1 Å². The number of nitriles is 1. The van der Waals surface area contributed by atoms with Crippen molar-refractivity contribution in [1.82, 2.24) is 15.4 Å².